The van der Waals surface area contributed by atoms with Crippen molar-refractivity contribution in [3.63, 3.8) is 0 Å². The molecule has 1 aromatic heterocycles. The molecule has 1 heterocycles. The number of rotatable bonds is 6. The van der Waals surface area contributed by atoms with E-state index in [4.69, 9.17) is 14.2 Å². The zero-order chi connectivity index (χ0) is 15.1. The number of aromatic nitrogens is 2. The first kappa shape index (κ1) is 14.6. The number of benzene rings is 1. The van der Waals surface area contributed by atoms with Crippen molar-refractivity contribution in [3.05, 3.63) is 36.2 Å². The molecule has 1 N–H and O–H groups in total. The molecule has 0 saturated heterocycles. The molecule has 0 unspecified atom stereocenters. The molecule has 0 fully saturated rings. The Morgan fingerprint density at radius 3 is 2.62 bits per heavy atom. The third-order valence-electron chi connectivity index (χ3n) is 2.67. The molecule has 7 nitrogen and oxygen atoms in total. The summed E-state index contributed by atoms with van der Waals surface area (Å²) < 4.78 is 15.4. The normalized spacial score (nSPS) is 10.4. The zero-order valence-corrected chi connectivity index (χ0v) is 12.0. The van der Waals surface area contributed by atoms with Crippen molar-refractivity contribution in [2.24, 2.45) is 5.10 Å². The lowest BCUT2D eigenvalue weighted by Crippen LogP contribution is -1.97. The average Bonchev–Trinajstić information content (AvgIpc) is 2.55. The molecular formula is C14H16N4O3. The van der Waals surface area contributed by atoms with Crippen LogP contribution in [0.2, 0.25) is 0 Å². The molecule has 2 rings (SSSR count). The summed E-state index contributed by atoms with van der Waals surface area (Å²) in [5, 5.41) is 4.11. The third-order valence-corrected chi connectivity index (χ3v) is 2.67. The number of anilines is 1. The van der Waals surface area contributed by atoms with E-state index in [0.717, 1.165) is 11.3 Å². The van der Waals surface area contributed by atoms with Gasteiger partial charge < -0.3 is 14.2 Å². The number of nitrogens with one attached hydrogen (secondary N) is 1. The Morgan fingerprint density at radius 1 is 1.05 bits per heavy atom. The first-order valence-corrected chi connectivity index (χ1v) is 6.14. The molecule has 110 valence electrons. The topological polar surface area (TPSA) is 77.9 Å². The standard InChI is InChI=1S/C14H16N4O3/c1-19-11-5-4-10(12(6-11)20-2)8-17-18-13-7-14(21-3)16-9-15-13/h4-9H,1-3H3,(H,15,16,18). The van der Waals surface area contributed by atoms with Crippen LogP contribution in [0.15, 0.2) is 35.7 Å². The highest BCUT2D eigenvalue weighted by atomic mass is 16.5. The van der Waals surface area contributed by atoms with Gasteiger partial charge in [-0.25, -0.2) is 9.97 Å². The van der Waals surface area contributed by atoms with Crippen LogP contribution in [0.4, 0.5) is 5.82 Å². The van der Waals surface area contributed by atoms with Crippen LogP contribution in [0.25, 0.3) is 0 Å². The van der Waals surface area contributed by atoms with E-state index in [2.05, 4.69) is 20.5 Å². The van der Waals surface area contributed by atoms with Crippen LogP contribution >= 0.6 is 0 Å². The maximum atomic E-state index is 5.28. The highest BCUT2D eigenvalue weighted by Crippen LogP contribution is 2.23. The van der Waals surface area contributed by atoms with E-state index in [9.17, 15) is 0 Å². The summed E-state index contributed by atoms with van der Waals surface area (Å²) >= 11 is 0. The van der Waals surface area contributed by atoms with Crippen LogP contribution < -0.4 is 19.6 Å². The number of ether oxygens (including phenoxy) is 3. The fraction of sp³-hybridized carbons (Fsp3) is 0.214. The van der Waals surface area contributed by atoms with Gasteiger partial charge in [0.05, 0.1) is 27.5 Å². The lowest BCUT2D eigenvalue weighted by atomic mass is 10.2. The van der Waals surface area contributed by atoms with Crippen molar-refractivity contribution in [1.82, 2.24) is 9.97 Å². The fourth-order valence-corrected chi connectivity index (χ4v) is 1.61. The zero-order valence-electron chi connectivity index (χ0n) is 12.0. The van der Waals surface area contributed by atoms with Gasteiger partial charge in [-0.2, -0.15) is 5.10 Å². The van der Waals surface area contributed by atoms with Gasteiger partial charge in [0.25, 0.3) is 0 Å². The highest BCUT2D eigenvalue weighted by Gasteiger charge is 2.02. The van der Waals surface area contributed by atoms with Crippen LogP contribution in [0.1, 0.15) is 5.56 Å². The highest BCUT2D eigenvalue weighted by molar-refractivity contribution is 5.84. The molecule has 0 bridgehead atoms. The first-order valence-electron chi connectivity index (χ1n) is 6.14. The Kier molecular flexibility index (Phi) is 4.92. The van der Waals surface area contributed by atoms with E-state index >= 15 is 0 Å². The third kappa shape index (κ3) is 3.82. The second-order valence-corrected chi connectivity index (χ2v) is 3.92. The number of methoxy groups -OCH3 is 3. The van der Waals surface area contributed by atoms with Gasteiger partial charge in [0, 0.05) is 17.7 Å². The van der Waals surface area contributed by atoms with Crippen LogP contribution in [-0.4, -0.2) is 37.5 Å². The summed E-state index contributed by atoms with van der Waals surface area (Å²) in [6, 6.07) is 7.11. The number of hydrogen-bond acceptors (Lipinski definition) is 7. The lowest BCUT2D eigenvalue weighted by Gasteiger charge is -2.07. The summed E-state index contributed by atoms with van der Waals surface area (Å²) in [4.78, 5) is 7.93. The summed E-state index contributed by atoms with van der Waals surface area (Å²) in [5.74, 6) is 2.38. The Morgan fingerprint density at radius 2 is 1.90 bits per heavy atom. The van der Waals surface area contributed by atoms with E-state index in [1.165, 1.54) is 13.4 Å². The average molecular weight is 288 g/mol. The molecule has 1 aromatic carbocycles. The van der Waals surface area contributed by atoms with Crippen LogP contribution in [-0.2, 0) is 0 Å². The van der Waals surface area contributed by atoms with Gasteiger partial charge in [-0.15, -0.1) is 0 Å². The first-order chi connectivity index (χ1) is 10.3. The van der Waals surface area contributed by atoms with Gasteiger partial charge in [-0.05, 0) is 12.1 Å². The summed E-state index contributed by atoms with van der Waals surface area (Å²) in [6.45, 7) is 0. The molecule has 0 saturated carbocycles. The minimum absolute atomic E-state index is 0.463. The van der Waals surface area contributed by atoms with Gasteiger partial charge in [0.2, 0.25) is 5.88 Å². The van der Waals surface area contributed by atoms with Crippen LogP contribution in [0.3, 0.4) is 0 Å². The summed E-state index contributed by atoms with van der Waals surface area (Å²) in [6.07, 6.45) is 3.03. The maximum Gasteiger partial charge on any atom is 0.218 e. The van der Waals surface area contributed by atoms with E-state index < -0.39 is 0 Å². The molecule has 0 amide bonds. The van der Waals surface area contributed by atoms with Crippen molar-refractivity contribution in [2.75, 3.05) is 26.8 Å². The molecular weight excluding hydrogens is 272 g/mol. The largest absolute Gasteiger partial charge is 0.497 e. The predicted octanol–water partition coefficient (Wildman–Crippen LogP) is 1.95. The van der Waals surface area contributed by atoms with Crippen LogP contribution in [0, 0.1) is 0 Å². The quantitative estimate of drug-likeness (QED) is 0.646. The van der Waals surface area contributed by atoms with Crippen molar-refractivity contribution in [1.29, 1.82) is 0 Å². The van der Waals surface area contributed by atoms with Crippen molar-refractivity contribution < 1.29 is 14.2 Å². The fourth-order valence-electron chi connectivity index (χ4n) is 1.61. The second kappa shape index (κ2) is 7.09. The van der Waals surface area contributed by atoms with Crippen LogP contribution in [0.5, 0.6) is 17.4 Å². The molecule has 0 radical (unpaired) electrons. The van der Waals surface area contributed by atoms with E-state index in [1.807, 2.05) is 12.1 Å². The lowest BCUT2D eigenvalue weighted by molar-refractivity contribution is 0.394. The van der Waals surface area contributed by atoms with E-state index in [1.54, 1.807) is 32.6 Å². The molecule has 2 aromatic rings. The molecule has 0 aliphatic heterocycles. The Balaban J connectivity index is 2.10. The monoisotopic (exact) mass is 288 g/mol. The summed E-state index contributed by atoms with van der Waals surface area (Å²) in [5.41, 5.74) is 3.61. The van der Waals surface area contributed by atoms with Gasteiger partial charge in [0.1, 0.15) is 17.8 Å². The molecule has 0 aliphatic carbocycles. The van der Waals surface area contributed by atoms with E-state index in [-0.39, 0.29) is 0 Å². The molecule has 21 heavy (non-hydrogen) atoms. The van der Waals surface area contributed by atoms with Gasteiger partial charge >= 0.3 is 0 Å². The molecule has 0 spiro atoms. The number of hydrazone groups is 1. The van der Waals surface area contributed by atoms with Crippen molar-refractivity contribution in [2.45, 2.75) is 0 Å². The second-order valence-electron chi connectivity index (χ2n) is 3.92. The molecule has 7 heteroatoms. The van der Waals surface area contributed by atoms with Gasteiger partial charge in [-0.3, -0.25) is 5.43 Å². The SMILES string of the molecule is COc1ccc(C=NNc2cc(OC)ncn2)c(OC)c1. The smallest absolute Gasteiger partial charge is 0.218 e. The Hall–Kier alpha value is -2.83. The summed E-state index contributed by atoms with van der Waals surface area (Å²) in [7, 11) is 4.74. The maximum absolute atomic E-state index is 5.28. The van der Waals surface area contributed by atoms with E-state index in [0.29, 0.717) is 17.4 Å². The minimum atomic E-state index is 0.463. The molecule has 0 atom stereocenters. The number of nitrogens with zero attached hydrogens (tertiary/aromatic N) is 3. The van der Waals surface area contributed by atoms with Crippen molar-refractivity contribution in [3.8, 4) is 17.4 Å². The van der Waals surface area contributed by atoms with Crippen molar-refractivity contribution >= 4 is 12.0 Å². The molecule has 0 aliphatic rings. The predicted molar refractivity (Wildman–Crippen MR) is 79.3 cm³/mol. The minimum Gasteiger partial charge on any atom is -0.497 e. The Labute approximate surface area is 122 Å². The van der Waals surface area contributed by atoms with Gasteiger partial charge in [-0.1, -0.05) is 0 Å². The van der Waals surface area contributed by atoms with Gasteiger partial charge in [0.15, 0.2) is 5.82 Å². The Bertz CT molecular complexity index is 631. The number of hydrogen-bond donors (Lipinski definition) is 1.